The Kier molecular flexibility index (Phi) is 4.32. The summed E-state index contributed by atoms with van der Waals surface area (Å²) in [5.74, 6) is 0.0809. The van der Waals surface area contributed by atoms with Crippen molar-refractivity contribution in [2.24, 2.45) is 17.3 Å². The number of ether oxygens (including phenoxy) is 1. The minimum absolute atomic E-state index is 0.144. The van der Waals surface area contributed by atoms with Crippen LogP contribution in [0.1, 0.15) is 52.0 Å². The summed E-state index contributed by atoms with van der Waals surface area (Å²) in [5, 5.41) is 11.4. The van der Waals surface area contributed by atoms with E-state index in [2.05, 4.69) is 6.92 Å². The van der Waals surface area contributed by atoms with Gasteiger partial charge >= 0.3 is 0 Å². The van der Waals surface area contributed by atoms with Crippen molar-refractivity contribution in [3.05, 3.63) is 29.8 Å². The van der Waals surface area contributed by atoms with Crippen LogP contribution in [-0.2, 0) is 19.0 Å². The molecule has 0 amide bonds. The van der Waals surface area contributed by atoms with Crippen molar-refractivity contribution in [2.45, 2.75) is 75.6 Å². The van der Waals surface area contributed by atoms with Gasteiger partial charge in [0.05, 0.1) is 23.2 Å². The molecule has 0 radical (unpaired) electrons. The van der Waals surface area contributed by atoms with Crippen LogP contribution in [0, 0.1) is 24.2 Å². The van der Waals surface area contributed by atoms with Gasteiger partial charge in [-0.15, -0.1) is 0 Å². The zero-order chi connectivity index (χ0) is 19.7. The molecule has 0 bridgehead atoms. The maximum Gasteiger partial charge on any atom is 0.297 e. The molecule has 27 heavy (non-hydrogen) atoms. The molecule has 0 aromatic heterocycles. The maximum atomic E-state index is 13.0. The van der Waals surface area contributed by atoms with Gasteiger partial charge in [-0.05, 0) is 49.7 Å². The first kappa shape index (κ1) is 19.4. The van der Waals surface area contributed by atoms with Gasteiger partial charge in [0.15, 0.2) is 0 Å². The number of rotatable bonds is 3. The number of hydrogen-bond acceptors (Lipinski definition) is 5. The molecule has 2 aliphatic carbocycles. The zero-order valence-corrected chi connectivity index (χ0v) is 17.4. The third-order valence-electron chi connectivity index (χ3n) is 7.18. The fourth-order valence-corrected chi connectivity index (χ4v) is 7.06. The molecule has 150 valence electrons. The van der Waals surface area contributed by atoms with Crippen molar-refractivity contribution in [2.75, 3.05) is 6.61 Å². The summed E-state index contributed by atoms with van der Waals surface area (Å²) < 4.78 is 38.2. The van der Waals surface area contributed by atoms with E-state index in [-0.39, 0.29) is 16.7 Å². The van der Waals surface area contributed by atoms with Gasteiger partial charge in [0.25, 0.3) is 10.1 Å². The lowest BCUT2D eigenvalue weighted by Gasteiger charge is -2.50. The van der Waals surface area contributed by atoms with Gasteiger partial charge in [0, 0.05) is 12.3 Å². The summed E-state index contributed by atoms with van der Waals surface area (Å²) in [6.07, 6.45) is 2.26. The Labute approximate surface area is 162 Å². The quantitative estimate of drug-likeness (QED) is 0.795. The van der Waals surface area contributed by atoms with Crippen LogP contribution in [0.3, 0.4) is 0 Å². The van der Waals surface area contributed by atoms with Gasteiger partial charge in [-0.25, -0.2) is 0 Å². The number of hydrogen-bond donors (Lipinski definition) is 1. The number of aliphatic hydroxyl groups is 1. The molecule has 1 aromatic carbocycles. The first-order valence-corrected chi connectivity index (χ1v) is 11.3. The monoisotopic (exact) mass is 394 g/mol. The average molecular weight is 395 g/mol. The minimum Gasteiger partial charge on any atom is -0.387 e. The molecule has 3 aliphatic rings. The highest BCUT2D eigenvalue weighted by atomic mass is 32.2. The fraction of sp³-hybridized carbons (Fsp3) is 0.714. The van der Waals surface area contributed by atoms with E-state index < -0.39 is 32.8 Å². The Morgan fingerprint density at radius 1 is 1.19 bits per heavy atom. The largest absolute Gasteiger partial charge is 0.387 e. The molecule has 1 heterocycles. The van der Waals surface area contributed by atoms with E-state index >= 15 is 0 Å². The molecule has 0 unspecified atom stereocenters. The van der Waals surface area contributed by atoms with E-state index in [1.165, 1.54) is 0 Å². The van der Waals surface area contributed by atoms with Gasteiger partial charge < -0.3 is 9.84 Å². The fourth-order valence-electron chi connectivity index (χ4n) is 5.82. The van der Waals surface area contributed by atoms with Crippen LogP contribution in [0.5, 0.6) is 0 Å². The normalized spacial score (nSPS) is 40.6. The molecular weight excluding hydrogens is 364 g/mol. The average Bonchev–Trinajstić information content (AvgIpc) is 3.01. The molecule has 4 rings (SSSR count). The predicted octanol–water partition coefficient (Wildman–Crippen LogP) is 3.44. The summed E-state index contributed by atoms with van der Waals surface area (Å²) in [5.41, 5.74) is -1.01. The Bertz CT molecular complexity index is 831. The molecule has 2 saturated carbocycles. The van der Waals surface area contributed by atoms with Gasteiger partial charge in [-0.3, -0.25) is 4.18 Å². The highest BCUT2D eigenvalue weighted by molar-refractivity contribution is 7.86. The minimum atomic E-state index is -3.89. The third-order valence-corrected chi connectivity index (χ3v) is 8.49. The second-order valence-electron chi connectivity index (χ2n) is 9.51. The van der Waals surface area contributed by atoms with Crippen LogP contribution in [0.25, 0.3) is 0 Å². The number of aryl methyl sites for hydroxylation is 1. The van der Waals surface area contributed by atoms with E-state index in [1.54, 1.807) is 24.3 Å². The van der Waals surface area contributed by atoms with E-state index in [9.17, 15) is 13.5 Å². The summed E-state index contributed by atoms with van der Waals surface area (Å²) in [6.45, 7) is 8.63. The maximum absolute atomic E-state index is 13.0. The molecular formula is C21H30O5S. The van der Waals surface area contributed by atoms with Gasteiger partial charge in [0.1, 0.15) is 5.60 Å². The molecule has 5 nitrogen and oxygen atoms in total. The molecule has 1 aromatic rings. The lowest BCUT2D eigenvalue weighted by molar-refractivity contribution is -0.185. The summed E-state index contributed by atoms with van der Waals surface area (Å²) in [6, 6.07) is 6.74. The summed E-state index contributed by atoms with van der Waals surface area (Å²) in [4.78, 5) is 0.177. The van der Waals surface area contributed by atoms with Crippen molar-refractivity contribution < 1.29 is 22.4 Å². The van der Waals surface area contributed by atoms with E-state index in [1.807, 2.05) is 20.8 Å². The predicted molar refractivity (Wildman–Crippen MR) is 102 cm³/mol. The SMILES string of the molecule is Cc1ccc(S(=O)(=O)O[C@H]2[C@@H]3[C@@H](C)CC[C@@]4(O)CCO[C@@]34CC2(C)C)cc1. The van der Waals surface area contributed by atoms with E-state index in [0.29, 0.717) is 25.9 Å². The first-order chi connectivity index (χ1) is 12.5. The Morgan fingerprint density at radius 3 is 2.52 bits per heavy atom. The second-order valence-corrected chi connectivity index (χ2v) is 11.1. The summed E-state index contributed by atoms with van der Waals surface area (Å²) in [7, 11) is -3.89. The Balaban J connectivity index is 1.73. The number of benzene rings is 1. The standard InChI is InChI=1S/C21H30O5S/c1-14-5-7-16(8-6-14)27(23,24)26-18-17-15(2)9-10-20(22)11-12-25-21(17,20)13-19(18,3)4/h5-8,15,17-18,22H,9-13H2,1-4H3/t15-,17-,18-,20+,21-/m0/s1. The molecule has 1 N–H and O–H groups in total. The molecule has 3 fully saturated rings. The molecule has 1 aliphatic heterocycles. The lowest BCUT2D eigenvalue weighted by Crippen LogP contribution is -2.59. The van der Waals surface area contributed by atoms with Crippen LogP contribution < -0.4 is 0 Å². The highest BCUT2D eigenvalue weighted by Gasteiger charge is 2.72. The van der Waals surface area contributed by atoms with Crippen molar-refractivity contribution in [3.8, 4) is 0 Å². The second kappa shape index (κ2) is 6.02. The Hall–Kier alpha value is -0.950. The van der Waals surface area contributed by atoms with Crippen molar-refractivity contribution in [1.82, 2.24) is 0 Å². The zero-order valence-electron chi connectivity index (χ0n) is 16.6. The first-order valence-electron chi connectivity index (χ1n) is 9.87. The van der Waals surface area contributed by atoms with Crippen LogP contribution >= 0.6 is 0 Å². The Morgan fingerprint density at radius 2 is 1.85 bits per heavy atom. The van der Waals surface area contributed by atoms with Gasteiger partial charge in [0.2, 0.25) is 0 Å². The lowest BCUT2D eigenvalue weighted by atomic mass is 9.62. The van der Waals surface area contributed by atoms with Crippen molar-refractivity contribution in [3.63, 3.8) is 0 Å². The van der Waals surface area contributed by atoms with Crippen LogP contribution in [0.2, 0.25) is 0 Å². The van der Waals surface area contributed by atoms with Gasteiger partial charge in [-0.2, -0.15) is 8.42 Å². The van der Waals surface area contributed by atoms with E-state index in [0.717, 1.165) is 12.0 Å². The van der Waals surface area contributed by atoms with Crippen molar-refractivity contribution >= 4 is 10.1 Å². The smallest absolute Gasteiger partial charge is 0.297 e. The third kappa shape index (κ3) is 2.79. The van der Waals surface area contributed by atoms with Crippen LogP contribution in [0.4, 0.5) is 0 Å². The van der Waals surface area contributed by atoms with Gasteiger partial charge in [-0.1, -0.05) is 38.5 Å². The summed E-state index contributed by atoms with van der Waals surface area (Å²) >= 11 is 0. The molecule has 5 atom stereocenters. The molecule has 1 spiro atoms. The van der Waals surface area contributed by atoms with Crippen LogP contribution in [0.15, 0.2) is 29.2 Å². The van der Waals surface area contributed by atoms with Crippen molar-refractivity contribution in [1.29, 1.82) is 0 Å². The van der Waals surface area contributed by atoms with Crippen LogP contribution in [-0.4, -0.2) is 37.4 Å². The molecule has 6 heteroatoms. The van der Waals surface area contributed by atoms with E-state index in [4.69, 9.17) is 8.92 Å². The molecule has 1 saturated heterocycles. The topological polar surface area (TPSA) is 72.8 Å². The highest BCUT2D eigenvalue weighted by Crippen LogP contribution is 2.64.